The molecule has 0 saturated carbocycles. The van der Waals surface area contributed by atoms with Crippen LogP contribution in [0.5, 0.6) is 0 Å². The van der Waals surface area contributed by atoms with Crippen molar-refractivity contribution in [2.45, 2.75) is 32.6 Å². The number of carbonyl (C=O) groups is 1. The number of aliphatic hydroxyl groups is 1. The lowest BCUT2D eigenvalue weighted by Gasteiger charge is -1.98. The van der Waals surface area contributed by atoms with Gasteiger partial charge in [-0.1, -0.05) is 19.8 Å². The topological polar surface area (TPSA) is 49.3 Å². The van der Waals surface area contributed by atoms with Crippen molar-refractivity contribution in [3.63, 3.8) is 0 Å². The van der Waals surface area contributed by atoms with E-state index in [0.29, 0.717) is 6.54 Å². The Bertz CT molecular complexity index is 209. The molecule has 12 heavy (non-hydrogen) atoms. The molecule has 1 heterocycles. The molecule has 0 atom stereocenters. The van der Waals surface area contributed by atoms with Gasteiger partial charge in [0, 0.05) is 6.54 Å². The van der Waals surface area contributed by atoms with Gasteiger partial charge < -0.3 is 10.4 Å². The Morgan fingerprint density at radius 1 is 1.50 bits per heavy atom. The zero-order valence-electron chi connectivity index (χ0n) is 7.39. The van der Waals surface area contributed by atoms with E-state index >= 15 is 0 Å². The molecule has 0 spiro atoms. The van der Waals surface area contributed by atoms with Crippen LogP contribution in [0.2, 0.25) is 0 Å². The molecular formula is C9H15NO2. The molecular weight excluding hydrogens is 154 g/mol. The first-order valence-corrected chi connectivity index (χ1v) is 4.45. The Kier molecular flexibility index (Phi) is 3.14. The van der Waals surface area contributed by atoms with Gasteiger partial charge in [0.1, 0.15) is 0 Å². The summed E-state index contributed by atoms with van der Waals surface area (Å²) in [7, 11) is 0. The van der Waals surface area contributed by atoms with Gasteiger partial charge in [0.05, 0.1) is 0 Å². The fraction of sp³-hybridized carbons (Fsp3) is 0.667. The van der Waals surface area contributed by atoms with Crippen molar-refractivity contribution >= 4 is 5.91 Å². The van der Waals surface area contributed by atoms with Crippen LogP contribution in [0.15, 0.2) is 11.3 Å². The zero-order valence-corrected chi connectivity index (χ0v) is 7.39. The van der Waals surface area contributed by atoms with E-state index < -0.39 is 0 Å². The number of nitrogens with one attached hydrogen (secondary N) is 1. The van der Waals surface area contributed by atoms with E-state index in [1.54, 1.807) is 0 Å². The standard InChI is InChI=1S/C9H15NO2/c1-2-3-4-5-7-6-10-9(12)8(7)11/h11H,2-6H2,1H3,(H,10,12). The molecule has 1 rings (SSSR count). The van der Waals surface area contributed by atoms with Crippen LogP contribution >= 0.6 is 0 Å². The summed E-state index contributed by atoms with van der Waals surface area (Å²) in [4.78, 5) is 10.8. The summed E-state index contributed by atoms with van der Waals surface area (Å²) >= 11 is 0. The summed E-state index contributed by atoms with van der Waals surface area (Å²) < 4.78 is 0. The minimum atomic E-state index is -0.318. The van der Waals surface area contributed by atoms with Crippen molar-refractivity contribution < 1.29 is 9.90 Å². The molecule has 0 aromatic heterocycles. The maximum atomic E-state index is 10.8. The summed E-state index contributed by atoms with van der Waals surface area (Å²) in [6, 6.07) is 0. The molecule has 0 aromatic carbocycles. The van der Waals surface area contributed by atoms with Crippen LogP contribution in [0.1, 0.15) is 32.6 Å². The normalized spacial score (nSPS) is 16.9. The summed E-state index contributed by atoms with van der Waals surface area (Å²) in [6.45, 7) is 2.67. The number of aliphatic hydroxyl groups excluding tert-OH is 1. The highest BCUT2D eigenvalue weighted by Gasteiger charge is 2.20. The molecule has 1 aliphatic heterocycles. The van der Waals surface area contributed by atoms with Crippen molar-refractivity contribution in [3.05, 3.63) is 11.3 Å². The van der Waals surface area contributed by atoms with Gasteiger partial charge >= 0.3 is 0 Å². The first kappa shape index (κ1) is 9.10. The van der Waals surface area contributed by atoms with E-state index in [1.807, 2.05) is 0 Å². The number of hydrogen-bond donors (Lipinski definition) is 2. The second-order valence-electron chi connectivity index (χ2n) is 3.09. The summed E-state index contributed by atoms with van der Waals surface area (Å²) in [5, 5.41) is 11.8. The molecule has 0 aliphatic carbocycles. The number of amides is 1. The van der Waals surface area contributed by atoms with Crippen LogP contribution in [-0.4, -0.2) is 17.6 Å². The summed E-state index contributed by atoms with van der Waals surface area (Å²) in [5.74, 6) is -0.368. The van der Waals surface area contributed by atoms with Gasteiger partial charge in [-0.15, -0.1) is 0 Å². The molecule has 0 fully saturated rings. The van der Waals surface area contributed by atoms with Crippen LogP contribution in [0.25, 0.3) is 0 Å². The largest absolute Gasteiger partial charge is 0.503 e. The lowest BCUT2D eigenvalue weighted by Crippen LogP contribution is -2.17. The van der Waals surface area contributed by atoms with Crippen LogP contribution in [-0.2, 0) is 4.79 Å². The molecule has 1 aliphatic rings. The van der Waals surface area contributed by atoms with Crippen molar-refractivity contribution in [2.75, 3.05) is 6.54 Å². The maximum Gasteiger partial charge on any atom is 0.286 e. The Morgan fingerprint density at radius 2 is 2.25 bits per heavy atom. The molecule has 0 bridgehead atoms. The Hall–Kier alpha value is -0.990. The van der Waals surface area contributed by atoms with E-state index in [1.165, 1.54) is 0 Å². The highest BCUT2D eigenvalue weighted by atomic mass is 16.3. The second kappa shape index (κ2) is 4.14. The fourth-order valence-corrected chi connectivity index (χ4v) is 1.31. The minimum absolute atomic E-state index is 0.0499. The van der Waals surface area contributed by atoms with Gasteiger partial charge in [-0.3, -0.25) is 4.79 Å². The third-order valence-electron chi connectivity index (χ3n) is 2.09. The smallest absolute Gasteiger partial charge is 0.286 e. The predicted molar refractivity (Wildman–Crippen MR) is 46.8 cm³/mol. The molecule has 3 nitrogen and oxygen atoms in total. The van der Waals surface area contributed by atoms with Gasteiger partial charge in [-0.05, 0) is 18.4 Å². The van der Waals surface area contributed by atoms with Crippen molar-refractivity contribution in [3.8, 4) is 0 Å². The molecule has 0 radical (unpaired) electrons. The molecule has 68 valence electrons. The average Bonchev–Trinajstić information content (AvgIpc) is 2.36. The lowest BCUT2D eigenvalue weighted by molar-refractivity contribution is -0.118. The number of rotatable bonds is 4. The quantitative estimate of drug-likeness (QED) is 0.627. The van der Waals surface area contributed by atoms with Gasteiger partial charge in [-0.25, -0.2) is 0 Å². The van der Waals surface area contributed by atoms with E-state index in [2.05, 4.69) is 12.2 Å². The highest BCUT2D eigenvalue weighted by Crippen LogP contribution is 2.15. The SMILES string of the molecule is CCCCCC1=C(O)C(=O)NC1. The monoisotopic (exact) mass is 169 g/mol. The third-order valence-corrected chi connectivity index (χ3v) is 2.09. The Balaban J connectivity index is 2.37. The van der Waals surface area contributed by atoms with E-state index in [0.717, 1.165) is 31.3 Å². The van der Waals surface area contributed by atoms with E-state index in [-0.39, 0.29) is 11.7 Å². The molecule has 0 aromatic rings. The first-order chi connectivity index (χ1) is 5.75. The minimum Gasteiger partial charge on any atom is -0.503 e. The molecule has 2 N–H and O–H groups in total. The second-order valence-corrected chi connectivity index (χ2v) is 3.09. The van der Waals surface area contributed by atoms with E-state index in [9.17, 15) is 9.90 Å². The van der Waals surface area contributed by atoms with Gasteiger partial charge in [0.15, 0.2) is 5.76 Å². The molecule has 0 unspecified atom stereocenters. The molecule has 1 amide bonds. The van der Waals surface area contributed by atoms with Crippen molar-refractivity contribution in [1.29, 1.82) is 0 Å². The predicted octanol–water partition coefficient (Wildman–Crippen LogP) is 1.51. The number of unbranched alkanes of at least 4 members (excludes halogenated alkanes) is 2. The van der Waals surface area contributed by atoms with Crippen LogP contribution in [0.3, 0.4) is 0 Å². The van der Waals surface area contributed by atoms with Crippen LogP contribution in [0.4, 0.5) is 0 Å². The third kappa shape index (κ3) is 2.00. The number of hydrogen-bond acceptors (Lipinski definition) is 2. The number of carbonyl (C=O) groups excluding carboxylic acids is 1. The summed E-state index contributed by atoms with van der Waals surface area (Å²) in [6.07, 6.45) is 4.23. The fourth-order valence-electron chi connectivity index (χ4n) is 1.31. The van der Waals surface area contributed by atoms with E-state index in [4.69, 9.17) is 0 Å². The van der Waals surface area contributed by atoms with Gasteiger partial charge in [-0.2, -0.15) is 0 Å². The summed E-state index contributed by atoms with van der Waals surface area (Å²) in [5.41, 5.74) is 0.869. The average molecular weight is 169 g/mol. The zero-order chi connectivity index (χ0) is 8.97. The van der Waals surface area contributed by atoms with Crippen molar-refractivity contribution in [1.82, 2.24) is 5.32 Å². The highest BCUT2D eigenvalue weighted by molar-refractivity contribution is 5.94. The molecule has 3 heteroatoms. The van der Waals surface area contributed by atoms with Crippen molar-refractivity contribution in [2.24, 2.45) is 0 Å². The van der Waals surface area contributed by atoms with Crippen LogP contribution < -0.4 is 5.32 Å². The lowest BCUT2D eigenvalue weighted by atomic mass is 10.1. The Morgan fingerprint density at radius 3 is 2.75 bits per heavy atom. The van der Waals surface area contributed by atoms with Gasteiger partial charge in [0.25, 0.3) is 5.91 Å². The first-order valence-electron chi connectivity index (χ1n) is 4.45. The van der Waals surface area contributed by atoms with Gasteiger partial charge in [0.2, 0.25) is 0 Å². The molecule has 0 saturated heterocycles. The van der Waals surface area contributed by atoms with Crippen LogP contribution in [0, 0.1) is 0 Å². The maximum absolute atomic E-state index is 10.8. The Labute approximate surface area is 72.5 Å².